The van der Waals surface area contributed by atoms with Gasteiger partial charge in [-0.25, -0.2) is 0 Å². The Morgan fingerprint density at radius 1 is 1.12 bits per heavy atom. The summed E-state index contributed by atoms with van der Waals surface area (Å²) in [7, 11) is -4.08. The number of hydrogen-bond donors (Lipinski definition) is 1. The first-order valence-corrected chi connectivity index (χ1v) is 7.05. The number of aryl methyl sites for hydroxylation is 1. The van der Waals surface area contributed by atoms with Crippen LogP contribution in [0.4, 0.5) is 0 Å². The van der Waals surface area contributed by atoms with Crippen LogP contribution in [0.5, 0.6) is 0 Å². The zero-order valence-corrected chi connectivity index (χ0v) is 13.3. The molecule has 0 aliphatic carbocycles. The van der Waals surface area contributed by atoms with Crippen molar-refractivity contribution in [1.29, 1.82) is 0 Å². The van der Waals surface area contributed by atoms with Crippen molar-refractivity contribution in [2.24, 2.45) is 0 Å². The minimum absolute atomic E-state index is 0. The second-order valence-corrected chi connectivity index (χ2v) is 5.28. The van der Waals surface area contributed by atoms with E-state index in [1.54, 1.807) is 18.2 Å². The largest absolute Gasteiger partial charge is 0.294 e. The molecule has 3 nitrogen and oxygen atoms in total. The minimum Gasteiger partial charge on any atom is -0.282 e. The zero-order chi connectivity index (χ0) is 12.0. The summed E-state index contributed by atoms with van der Waals surface area (Å²) in [6.45, 7) is 2.13. The SMILES string of the molecule is CCCCCCc1ccccc1S(=O)(=O)O.[Na]. The summed E-state index contributed by atoms with van der Waals surface area (Å²) >= 11 is 0. The Kier molecular flexibility index (Phi) is 8.33. The van der Waals surface area contributed by atoms with E-state index >= 15 is 0 Å². The molecule has 1 rings (SSSR count). The van der Waals surface area contributed by atoms with Gasteiger partial charge in [0.15, 0.2) is 0 Å². The van der Waals surface area contributed by atoms with Gasteiger partial charge in [-0.2, -0.15) is 8.42 Å². The van der Waals surface area contributed by atoms with E-state index in [1.165, 1.54) is 6.07 Å². The van der Waals surface area contributed by atoms with Gasteiger partial charge in [-0.05, 0) is 24.5 Å². The fourth-order valence-electron chi connectivity index (χ4n) is 1.70. The van der Waals surface area contributed by atoms with E-state index in [0.29, 0.717) is 12.0 Å². The van der Waals surface area contributed by atoms with Crippen molar-refractivity contribution in [2.75, 3.05) is 0 Å². The van der Waals surface area contributed by atoms with Crippen LogP contribution in [-0.2, 0) is 16.5 Å². The number of benzene rings is 1. The maximum atomic E-state index is 11.1. The van der Waals surface area contributed by atoms with Gasteiger partial charge in [0, 0.05) is 29.6 Å². The summed E-state index contributed by atoms with van der Waals surface area (Å²) in [4.78, 5) is 0.0477. The van der Waals surface area contributed by atoms with Crippen LogP contribution in [0.3, 0.4) is 0 Å². The molecular weight excluding hydrogens is 247 g/mol. The van der Waals surface area contributed by atoms with Crippen LogP contribution in [0.15, 0.2) is 29.2 Å². The third-order valence-corrected chi connectivity index (χ3v) is 3.50. The van der Waals surface area contributed by atoms with Crippen molar-refractivity contribution in [1.82, 2.24) is 0 Å². The molecule has 0 aliphatic rings. The number of hydrogen-bond acceptors (Lipinski definition) is 2. The van der Waals surface area contributed by atoms with Crippen LogP contribution in [0.25, 0.3) is 0 Å². The Balaban J connectivity index is 0.00000256. The van der Waals surface area contributed by atoms with Gasteiger partial charge < -0.3 is 0 Å². The summed E-state index contributed by atoms with van der Waals surface area (Å²) < 4.78 is 31.2. The maximum absolute atomic E-state index is 11.1. The third-order valence-electron chi connectivity index (χ3n) is 2.55. The molecule has 5 heteroatoms. The normalized spacial score (nSPS) is 10.9. The first-order valence-electron chi connectivity index (χ1n) is 5.61. The van der Waals surface area contributed by atoms with Gasteiger partial charge in [-0.1, -0.05) is 44.4 Å². The van der Waals surface area contributed by atoms with Crippen LogP contribution in [0, 0.1) is 0 Å². The summed E-state index contributed by atoms with van der Waals surface area (Å²) in [6.07, 6.45) is 5.07. The molecule has 0 saturated heterocycles. The Bertz CT molecular complexity index is 429. The third kappa shape index (κ3) is 6.02. The van der Waals surface area contributed by atoms with Crippen molar-refractivity contribution < 1.29 is 13.0 Å². The molecule has 0 aliphatic heterocycles. The summed E-state index contributed by atoms with van der Waals surface area (Å²) in [6, 6.07) is 6.63. The predicted octanol–water partition coefficient (Wildman–Crippen LogP) is 2.68. The smallest absolute Gasteiger partial charge is 0.282 e. The monoisotopic (exact) mass is 265 g/mol. The predicted molar refractivity (Wildman–Crippen MR) is 69.9 cm³/mol. The molecule has 0 amide bonds. The molecule has 1 N–H and O–H groups in total. The molecule has 0 unspecified atom stereocenters. The average molecular weight is 265 g/mol. The van der Waals surface area contributed by atoms with E-state index in [1.807, 2.05) is 0 Å². The van der Waals surface area contributed by atoms with E-state index < -0.39 is 10.1 Å². The summed E-state index contributed by atoms with van der Waals surface area (Å²) in [5.74, 6) is 0. The molecule has 0 heterocycles. The maximum Gasteiger partial charge on any atom is 0.294 e. The fourth-order valence-corrected chi connectivity index (χ4v) is 2.46. The fraction of sp³-hybridized carbons (Fsp3) is 0.500. The molecular formula is C12H18NaO3S. The first-order chi connectivity index (χ1) is 7.55. The van der Waals surface area contributed by atoms with Crippen molar-refractivity contribution >= 4 is 39.7 Å². The topological polar surface area (TPSA) is 54.4 Å². The van der Waals surface area contributed by atoms with E-state index in [2.05, 4.69) is 6.92 Å². The molecule has 1 aromatic carbocycles. The van der Waals surface area contributed by atoms with Gasteiger partial charge in [0.05, 0.1) is 4.90 Å². The van der Waals surface area contributed by atoms with E-state index in [0.717, 1.165) is 25.7 Å². The molecule has 0 saturated carbocycles. The molecule has 0 aromatic heterocycles. The Labute approximate surface area is 126 Å². The van der Waals surface area contributed by atoms with Crippen molar-refractivity contribution in [3.05, 3.63) is 29.8 Å². The van der Waals surface area contributed by atoms with Gasteiger partial charge in [0.1, 0.15) is 0 Å². The molecule has 0 fully saturated rings. The Hall–Kier alpha value is 0.130. The average Bonchev–Trinajstić information content (AvgIpc) is 2.24. The molecule has 17 heavy (non-hydrogen) atoms. The van der Waals surface area contributed by atoms with Crippen molar-refractivity contribution in [3.8, 4) is 0 Å². The molecule has 91 valence electrons. The first kappa shape index (κ1) is 17.1. The second-order valence-electron chi connectivity index (χ2n) is 3.89. The second kappa shape index (κ2) is 8.27. The van der Waals surface area contributed by atoms with Gasteiger partial charge in [0.25, 0.3) is 10.1 Å². The van der Waals surface area contributed by atoms with Gasteiger partial charge in [0.2, 0.25) is 0 Å². The molecule has 0 spiro atoms. The van der Waals surface area contributed by atoms with Crippen molar-refractivity contribution in [3.63, 3.8) is 0 Å². The summed E-state index contributed by atoms with van der Waals surface area (Å²) in [5, 5.41) is 0. The molecule has 0 atom stereocenters. The molecule has 0 bridgehead atoms. The van der Waals surface area contributed by atoms with Gasteiger partial charge >= 0.3 is 0 Å². The molecule has 1 radical (unpaired) electrons. The van der Waals surface area contributed by atoms with Gasteiger partial charge in [-0.3, -0.25) is 4.55 Å². The van der Waals surface area contributed by atoms with Crippen LogP contribution >= 0.6 is 0 Å². The standard InChI is InChI=1S/C12H18O3S.Na/c1-2-3-4-5-8-11-9-6-7-10-12(11)16(13,14)15;/h6-7,9-10H,2-5,8H2,1H3,(H,13,14,15);. The van der Waals surface area contributed by atoms with Crippen LogP contribution in [0.1, 0.15) is 38.2 Å². The summed E-state index contributed by atoms with van der Waals surface area (Å²) in [5.41, 5.74) is 0.709. The zero-order valence-electron chi connectivity index (χ0n) is 10.5. The number of unbranched alkanes of at least 4 members (excludes halogenated alkanes) is 3. The van der Waals surface area contributed by atoms with Crippen LogP contribution in [-0.4, -0.2) is 42.5 Å². The quantitative estimate of drug-likeness (QED) is 0.489. The van der Waals surface area contributed by atoms with E-state index in [9.17, 15) is 8.42 Å². The Morgan fingerprint density at radius 2 is 1.76 bits per heavy atom. The Morgan fingerprint density at radius 3 is 2.35 bits per heavy atom. The van der Waals surface area contributed by atoms with Gasteiger partial charge in [-0.15, -0.1) is 0 Å². The van der Waals surface area contributed by atoms with Crippen LogP contribution in [0.2, 0.25) is 0 Å². The minimum atomic E-state index is -4.08. The number of rotatable bonds is 6. The van der Waals surface area contributed by atoms with Crippen LogP contribution < -0.4 is 0 Å². The van der Waals surface area contributed by atoms with E-state index in [4.69, 9.17) is 4.55 Å². The van der Waals surface area contributed by atoms with E-state index in [-0.39, 0.29) is 34.5 Å². The van der Waals surface area contributed by atoms with Crippen molar-refractivity contribution in [2.45, 2.75) is 43.9 Å². The molecule has 1 aromatic rings.